The molecule has 0 radical (unpaired) electrons. The molecule has 2 fully saturated rings. The first-order chi connectivity index (χ1) is 14.5. The SMILES string of the molecule is CC1CCN(C(=O)c2cc(C(=O)O)cc(C3CCN(C(=O)OC(C)(C)C)CC3)c2)CC1. The third kappa shape index (κ3) is 5.99. The summed E-state index contributed by atoms with van der Waals surface area (Å²) in [7, 11) is 0. The fourth-order valence-electron chi connectivity index (χ4n) is 4.25. The van der Waals surface area contributed by atoms with E-state index in [-0.39, 0.29) is 23.5 Å². The second-order valence-corrected chi connectivity index (χ2v) is 9.87. The summed E-state index contributed by atoms with van der Waals surface area (Å²) in [5, 5.41) is 9.59. The molecule has 0 unspecified atom stereocenters. The number of carbonyl (C=O) groups is 3. The number of piperidine rings is 2. The predicted molar refractivity (Wildman–Crippen MR) is 117 cm³/mol. The number of carboxylic acid groups (broad SMARTS) is 1. The van der Waals surface area contributed by atoms with E-state index in [0.29, 0.717) is 50.5 Å². The van der Waals surface area contributed by atoms with Crippen molar-refractivity contribution in [2.45, 2.75) is 64.9 Å². The first-order valence-electron chi connectivity index (χ1n) is 11.2. The van der Waals surface area contributed by atoms with Crippen molar-refractivity contribution < 1.29 is 24.2 Å². The highest BCUT2D eigenvalue weighted by molar-refractivity contribution is 5.98. The second kappa shape index (κ2) is 9.28. The predicted octanol–water partition coefficient (Wildman–Crippen LogP) is 4.37. The highest BCUT2D eigenvalue weighted by Gasteiger charge is 2.29. The minimum atomic E-state index is -1.03. The van der Waals surface area contributed by atoms with Gasteiger partial charge in [0.1, 0.15) is 5.60 Å². The van der Waals surface area contributed by atoms with Gasteiger partial charge in [-0.1, -0.05) is 6.92 Å². The molecule has 0 saturated carbocycles. The van der Waals surface area contributed by atoms with Gasteiger partial charge in [-0.15, -0.1) is 0 Å². The Kier molecular flexibility index (Phi) is 6.92. The average molecular weight is 431 g/mol. The highest BCUT2D eigenvalue weighted by Crippen LogP contribution is 2.31. The Morgan fingerprint density at radius 1 is 0.903 bits per heavy atom. The zero-order chi connectivity index (χ0) is 22.8. The molecule has 31 heavy (non-hydrogen) atoms. The van der Waals surface area contributed by atoms with Crippen LogP contribution in [0.3, 0.4) is 0 Å². The van der Waals surface area contributed by atoms with Crippen LogP contribution in [0.15, 0.2) is 18.2 Å². The van der Waals surface area contributed by atoms with Gasteiger partial charge in [0, 0.05) is 31.7 Å². The van der Waals surface area contributed by atoms with Crippen LogP contribution < -0.4 is 0 Å². The molecular formula is C24H34N2O5. The fraction of sp³-hybridized carbons (Fsp3) is 0.625. The number of likely N-dealkylation sites (tertiary alicyclic amines) is 2. The van der Waals surface area contributed by atoms with Crippen LogP contribution in [-0.4, -0.2) is 64.7 Å². The molecule has 2 amide bonds. The molecule has 7 heteroatoms. The summed E-state index contributed by atoms with van der Waals surface area (Å²) < 4.78 is 5.45. The van der Waals surface area contributed by atoms with E-state index in [2.05, 4.69) is 6.92 Å². The van der Waals surface area contributed by atoms with E-state index >= 15 is 0 Å². The molecular weight excluding hydrogens is 396 g/mol. The average Bonchev–Trinajstić information content (AvgIpc) is 2.72. The van der Waals surface area contributed by atoms with Crippen molar-refractivity contribution in [2.75, 3.05) is 26.2 Å². The molecule has 2 aliphatic rings. The topological polar surface area (TPSA) is 87.2 Å². The Hall–Kier alpha value is -2.57. The summed E-state index contributed by atoms with van der Waals surface area (Å²) in [6, 6.07) is 5.01. The Bertz CT molecular complexity index is 829. The maximum absolute atomic E-state index is 13.1. The fourth-order valence-corrected chi connectivity index (χ4v) is 4.25. The largest absolute Gasteiger partial charge is 0.478 e. The first kappa shape index (κ1) is 23.1. The zero-order valence-electron chi connectivity index (χ0n) is 19.0. The summed E-state index contributed by atoms with van der Waals surface area (Å²) in [6.07, 6.45) is 3.04. The van der Waals surface area contributed by atoms with Crippen LogP contribution in [0.4, 0.5) is 4.79 Å². The number of ether oxygens (including phenoxy) is 1. The van der Waals surface area contributed by atoms with Crippen LogP contribution >= 0.6 is 0 Å². The van der Waals surface area contributed by atoms with E-state index < -0.39 is 11.6 Å². The van der Waals surface area contributed by atoms with Gasteiger partial charge in [0.25, 0.3) is 5.91 Å². The third-order valence-electron chi connectivity index (χ3n) is 6.14. The van der Waals surface area contributed by atoms with Gasteiger partial charge < -0.3 is 19.6 Å². The number of amides is 2. The molecule has 0 aromatic heterocycles. The van der Waals surface area contributed by atoms with Gasteiger partial charge in [-0.25, -0.2) is 9.59 Å². The minimum Gasteiger partial charge on any atom is -0.478 e. The van der Waals surface area contributed by atoms with E-state index in [1.807, 2.05) is 31.7 Å². The van der Waals surface area contributed by atoms with E-state index in [1.54, 1.807) is 11.0 Å². The second-order valence-electron chi connectivity index (χ2n) is 9.87. The number of carbonyl (C=O) groups excluding carboxylic acids is 2. The minimum absolute atomic E-state index is 0.0950. The Morgan fingerprint density at radius 3 is 2.00 bits per heavy atom. The Labute approximate surface area is 184 Å². The third-order valence-corrected chi connectivity index (χ3v) is 6.14. The van der Waals surface area contributed by atoms with Crippen molar-refractivity contribution in [3.63, 3.8) is 0 Å². The lowest BCUT2D eigenvalue weighted by molar-refractivity contribution is 0.0204. The summed E-state index contributed by atoms with van der Waals surface area (Å²) in [6.45, 7) is 10.2. The van der Waals surface area contributed by atoms with Crippen molar-refractivity contribution in [2.24, 2.45) is 5.92 Å². The van der Waals surface area contributed by atoms with E-state index in [0.717, 1.165) is 18.4 Å². The lowest BCUT2D eigenvalue weighted by Crippen LogP contribution is -2.41. The van der Waals surface area contributed by atoms with Gasteiger partial charge in [0.05, 0.1) is 5.56 Å². The molecule has 1 aromatic carbocycles. The molecule has 2 heterocycles. The molecule has 2 aliphatic heterocycles. The Morgan fingerprint density at radius 2 is 1.45 bits per heavy atom. The summed E-state index contributed by atoms with van der Waals surface area (Å²) >= 11 is 0. The number of rotatable bonds is 3. The van der Waals surface area contributed by atoms with Crippen LogP contribution in [0.25, 0.3) is 0 Å². The van der Waals surface area contributed by atoms with Crippen LogP contribution in [-0.2, 0) is 4.74 Å². The van der Waals surface area contributed by atoms with E-state index in [1.165, 1.54) is 6.07 Å². The summed E-state index contributed by atoms with van der Waals surface area (Å²) in [4.78, 5) is 40.6. The Balaban J connectivity index is 1.73. The number of hydrogen-bond donors (Lipinski definition) is 1. The van der Waals surface area contributed by atoms with Crippen molar-refractivity contribution in [1.82, 2.24) is 9.80 Å². The van der Waals surface area contributed by atoms with Crippen molar-refractivity contribution >= 4 is 18.0 Å². The highest BCUT2D eigenvalue weighted by atomic mass is 16.6. The number of aromatic carboxylic acids is 1. The summed E-state index contributed by atoms with van der Waals surface area (Å²) in [5.74, 6) is -0.414. The van der Waals surface area contributed by atoms with Crippen molar-refractivity contribution in [3.8, 4) is 0 Å². The van der Waals surface area contributed by atoms with Crippen LogP contribution in [0.5, 0.6) is 0 Å². The maximum atomic E-state index is 13.1. The van der Waals surface area contributed by atoms with Gasteiger partial charge in [0.2, 0.25) is 0 Å². The standard InChI is InChI=1S/C24H34N2O5/c1-16-5-9-25(10-6-16)21(27)19-13-18(14-20(15-19)22(28)29)17-7-11-26(12-8-17)23(30)31-24(2,3)4/h13-17H,5-12H2,1-4H3,(H,28,29). The molecule has 0 aliphatic carbocycles. The monoisotopic (exact) mass is 430 g/mol. The van der Waals surface area contributed by atoms with Crippen LogP contribution in [0.1, 0.15) is 85.6 Å². The number of nitrogens with zero attached hydrogens (tertiary/aromatic N) is 2. The summed E-state index contributed by atoms with van der Waals surface area (Å²) in [5.41, 5.74) is 0.905. The quantitative estimate of drug-likeness (QED) is 0.769. The van der Waals surface area contributed by atoms with E-state index in [9.17, 15) is 19.5 Å². The van der Waals surface area contributed by atoms with Gasteiger partial charge in [-0.2, -0.15) is 0 Å². The smallest absolute Gasteiger partial charge is 0.410 e. The van der Waals surface area contributed by atoms with Gasteiger partial charge in [-0.3, -0.25) is 4.79 Å². The maximum Gasteiger partial charge on any atom is 0.410 e. The van der Waals surface area contributed by atoms with Gasteiger partial charge >= 0.3 is 12.1 Å². The van der Waals surface area contributed by atoms with Gasteiger partial charge in [0.15, 0.2) is 0 Å². The van der Waals surface area contributed by atoms with Crippen LogP contribution in [0, 0.1) is 5.92 Å². The molecule has 170 valence electrons. The molecule has 7 nitrogen and oxygen atoms in total. The molecule has 2 saturated heterocycles. The molecule has 1 N–H and O–H groups in total. The number of hydrogen-bond acceptors (Lipinski definition) is 4. The molecule has 3 rings (SSSR count). The molecule has 0 atom stereocenters. The van der Waals surface area contributed by atoms with E-state index in [4.69, 9.17) is 4.74 Å². The molecule has 0 spiro atoms. The first-order valence-corrected chi connectivity index (χ1v) is 11.2. The molecule has 1 aromatic rings. The lowest BCUT2D eigenvalue weighted by atomic mass is 9.87. The van der Waals surface area contributed by atoms with Crippen LogP contribution in [0.2, 0.25) is 0 Å². The number of benzene rings is 1. The zero-order valence-corrected chi connectivity index (χ0v) is 19.0. The van der Waals surface area contributed by atoms with Crippen molar-refractivity contribution in [1.29, 1.82) is 0 Å². The van der Waals surface area contributed by atoms with Crippen molar-refractivity contribution in [3.05, 3.63) is 34.9 Å². The number of carboxylic acids is 1. The van der Waals surface area contributed by atoms with Gasteiger partial charge in [-0.05, 0) is 82.1 Å². The normalized spacial score (nSPS) is 18.7. The molecule has 0 bridgehead atoms. The lowest BCUT2D eigenvalue weighted by Gasteiger charge is -2.34.